The van der Waals surface area contributed by atoms with Gasteiger partial charge in [0.1, 0.15) is 0 Å². The van der Waals surface area contributed by atoms with Crippen LogP contribution >= 0.6 is 11.6 Å². The molecule has 0 bridgehead atoms. The molecule has 0 aliphatic rings. The van der Waals surface area contributed by atoms with Crippen molar-refractivity contribution in [1.82, 2.24) is 5.32 Å². The first kappa shape index (κ1) is 14.5. The Morgan fingerprint density at radius 2 is 1.88 bits per heavy atom. The van der Waals surface area contributed by atoms with Crippen LogP contribution in [0.25, 0.3) is 0 Å². The van der Waals surface area contributed by atoms with E-state index in [1.54, 1.807) is 0 Å². The number of aliphatic hydroxyl groups excluding tert-OH is 1. The van der Waals surface area contributed by atoms with Gasteiger partial charge in [0.25, 0.3) is 0 Å². The molecule has 0 saturated carbocycles. The van der Waals surface area contributed by atoms with Gasteiger partial charge in [0.2, 0.25) is 0 Å². The molecular formula is C13H21ClN2O. The fourth-order valence-electron chi connectivity index (χ4n) is 1.64. The standard InChI is InChI=1S/C13H21ClN2O/c1-9(8-17)10(2)16-13(7-15)11-3-5-12(14)6-4-11/h3-6,9-10,13,16-17H,7-8,15H2,1-2H3. The summed E-state index contributed by atoms with van der Waals surface area (Å²) in [5.74, 6) is 0.205. The van der Waals surface area contributed by atoms with Crippen molar-refractivity contribution >= 4 is 11.6 Å². The third-order valence-electron chi connectivity index (χ3n) is 3.11. The van der Waals surface area contributed by atoms with E-state index in [9.17, 15) is 0 Å². The predicted octanol–water partition coefficient (Wildman–Crippen LogP) is 1.95. The topological polar surface area (TPSA) is 58.3 Å². The molecule has 1 rings (SSSR count). The Morgan fingerprint density at radius 1 is 1.29 bits per heavy atom. The summed E-state index contributed by atoms with van der Waals surface area (Å²) in [6.45, 7) is 4.75. The van der Waals surface area contributed by atoms with E-state index in [1.807, 2.05) is 31.2 Å². The van der Waals surface area contributed by atoms with E-state index in [4.69, 9.17) is 22.4 Å². The molecule has 0 aliphatic carbocycles. The number of halogens is 1. The highest BCUT2D eigenvalue weighted by Crippen LogP contribution is 2.17. The van der Waals surface area contributed by atoms with Crippen molar-refractivity contribution in [2.24, 2.45) is 11.7 Å². The summed E-state index contributed by atoms with van der Waals surface area (Å²) in [5.41, 5.74) is 6.89. The zero-order valence-corrected chi connectivity index (χ0v) is 11.1. The zero-order chi connectivity index (χ0) is 12.8. The minimum Gasteiger partial charge on any atom is -0.396 e. The Morgan fingerprint density at radius 3 is 2.35 bits per heavy atom. The van der Waals surface area contributed by atoms with Crippen molar-refractivity contribution in [3.8, 4) is 0 Å². The van der Waals surface area contributed by atoms with Gasteiger partial charge in [0, 0.05) is 30.3 Å². The van der Waals surface area contributed by atoms with Crippen molar-refractivity contribution in [3.05, 3.63) is 34.9 Å². The molecule has 17 heavy (non-hydrogen) atoms. The van der Waals surface area contributed by atoms with E-state index in [1.165, 1.54) is 0 Å². The van der Waals surface area contributed by atoms with Crippen molar-refractivity contribution in [3.63, 3.8) is 0 Å². The van der Waals surface area contributed by atoms with Crippen LogP contribution in [-0.2, 0) is 0 Å². The van der Waals surface area contributed by atoms with Crippen LogP contribution in [0.4, 0.5) is 0 Å². The van der Waals surface area contributed by atoms with Crippen molar-refractivity contribution in [1.29, 1.82) is 0 Å². The van der Waals surface area contributed by atoms with Gasteiger partial charge < -0.3 is 16.2 Å². The van der Waals surface area contributed by atoms with Gasteiger partial charge in [0.15, 0.2) is 0 Å². The minimum absolute atomic E-state index is 0.0938. The molecule has 4 heteroatoms. The minimum atomic E-state index is 0.0938. The highest BCUT2D eigenvalue weighted by molar-refractivity contribution is 6.30. The van der Waals surface area contributed by atoms with Gasteiger partial charge in [-0.2, -0.15) is 0 Å². The smallest absolute Gasteiger partial charge is 0.0471 e. The number of benzene rings is 1. The second kappa shape index (κ2) is 6.97. The van der Waals surface area contributed by atoms with E-state index >= 15 is 0 Å². The van der Waals surface area contributed by atoms with Crippen LogP contribution in [0.2, 0.25) is 5.02 Å². The van der Waals surface area contributed by atoms with Crippen molar-refractivity contribution in [2.75, 3.05) is 13.2 Å². The second-order valence-electron chi connectivity index (χ2n) is 4.46. The van der Waals surface area contributed by atoms with Crippen molar-refractivity contribution < 1.29 is 5.11 Å². The highest BCUT2D eigenvalue weighted by atomic mass is 35.5. The van der Waals surface area contributed by atoms with E-state index in [2.05, 4.69) is 12.2 Å². The van der Waals surface area contributed by atoms with E-state index < -0.39 is 0 Å². The Bertz CT molecular complexity index is 329. The third-order valence-corrected chi connectivity index (χ3v) is 3.37. The number of nitrogens with two attached hydrogens (primary N) is 1. The lowest BCUT2D eigenvalue weighted by atomic mass is 10.0. The van der Waals surface area contributed by atoms with Crippen LogP contribution in [0.5, 0.6) is 0 Å². The lowest BCUT2D eigenvalue weighted by Gasteiger charge is -2.26. The Kier molecular flexibility index (Phi) is 5.92. The van der Waals surface area contributed by atoms with Crippen LogP contribution < -0.4 is 11.1 Å². The Balaban J connectivity index is 2.68. The summed E-state index contributed by atoms with van der Waals surface area (Å²) in [6, 6.07) is 7.98. The molecular weight excluding hydrogens is 236 g/mol. The Hall–Kier alpha value is -0.610. The third kappa shape index (κ3) is 4.28. The average molecular weight is 257 g/mol. The number of nitrogens with one attached hydrogen (secondary N) is 1. The maximum atomic E-state index is 9.11. The highest BCUT2D eigenvalue weighted by Gasteiger charge is 2.16. The largest absolute Gasteiger partial charge is 0.396 e. The summed E-state index contributed by atoms with van der Waals surface area (Å²) >= 11 is 5.85. The average Bonchev–Trinajstić information content (AvgIpc) is 2.35. The maximum absolute atomic E-state index is 9.11. The van der Waals surface area contributed by atoms with Gasteiger partial charge in [-0.05, 0) is 30.5 Å². The predicted molar refractivity (Wildman–Crippen MR) is 72.1 cm³/mol. The molecule has 0 amide bonds. The molecule has 0 aromatic heterocycles. The first-order chi connectivity index (χ1) is 8.08. The van der Waals surface area contributed by atoms with E-state index in [0.29, 0.717) is 6.54 Å². The van der Waals surface area contributed by atoms with Gasteiger partial charge in [-0.3, -0.25) is 0 Å². The molecule has 96 valence electrons. The van der Waals surface area contributed by atoms with Crippen LogP contribution in [0, 0.1) is 5.92 Å². The maximum Gasteiger partial charge on any atom is 0.0471 e. The molecule has 0 radical (unpaired) electrons. The van der Waals surface area contributed by atoms with E-state index in [0.717, 1.165) is 10.6 Å². The lowest BCUT2D eigenvalue weighted by molar-refractivity contribution is 0.201. The first-order valence-corrected chi connectivity index (χ1v) is 6.28. The number of hydrogen-bond acceptors (Lipinski definition) is 3. The fraction of sp³-hybridized carbons (Fsp3) is 0.538. The summed E-state index contributed by atoms with van der Waals surface area (Å²) in [7, 11) is 0. The Labute approximate surface area is 108 Å². The van der Waals surface area contributed by atoms with Crippen molar-refractivity contribution in [2.45, 2.75) is 25.9 Å². The number of aliphatic hydroxyl groups is 1. The van der Waals surface area contributed by atoms with Gasteiger partial charge in [-0.1, -0.05) is 30.7 Å². The molecule has 0 saturated heterocycles. The van der Waals surface area contributed by atoms with Crippen LogP contribution in [-0.4, -0.2) is 24.3 Å². The summed E-state index contributed by atoms with van der Waals surface area (Å²) in [4.78, 5) is 0. The monoisotopic (exact) mass is 256 g/mol. The van der Waals surface area contributed by atoms with Gasteiger partial charge >= 0.3 is 0 Å². The van der Waals surface area contributed by atoms with Crippen LogP contribution in [0.3, 0.4) is 0 Å². The second-order valence-corrected chi connectivity index (χ2v) is 4.89. The number of rotatable bonds is 6. The summed E-state index contributed by atoms with van der Waals surface area (Å²) in [5, 5.41) is 13.3. The molecule has 4 N–H and O–H groups in total. The van der Waals surface area contributed by atoms with E-state index in [-0.39, 0.29) is 24.6 Å². The molecule has 3 unspecified atom stereocenters. The van der Waals surface area contributed by atoms with Gasteiger partial charge in [0.05, 0.1) is 0 Å². The van der Waals surface area contributed by atoms with Gasteiger partial charge in [-0.15, -0.1) is 0 Å². The number of hydrogen-bond donors (Lipinski definition) is 3. The summed E-state index contributed by atoms with van der Waals surface area (Å²) < 4.78 is 0. The molecule has 0 aliphatic heterocycles. The first-order valence-electron chi connectivity index (χ1n) is 5.91. The quantitative estimate of drug-likeness (QED) is 0.729. The van der Waals surface area contributed by atoms with Crippen LogP contribution in [0.15, 0.2) is 24.3 Å². The zero-order valence-electron chi connectivity index (χ0n) is 10.4. The van der Waals surface area contributed by atoms with Crippen LogP contribution in [0.1, 0.15) is 25.5 Å². The molecule has 3 atom stereocenters. The SMILES string of the molecule is CC(CO)C(C)NC(CN)c1ccc(Cl)cc1. The molecule has 0 fully saturated rings. The molecule has 0 spiro atoms. The lowest BCUT2D eigenvalue weighted by Crippen LogP contribution is -2.39. The molecule has 3 nitrogen and oxygen atoms in total. The molecule has 1 aromatic carbocycles. The molecule has 0 heterocycles. The summed E-state index contributed by atoms with van der Waals surface area (Å²) in [6.07, 6.45) is 0. The van der Waals surface area contributed by atoms with Gasteiger partial charge in [-0.25, -0.2) is 0 Å². The molecule has 1 aromatic rings. The fourth-order valence-corrected chi connectivity index (χ4v) is 1.76. The normalized spacial score (nSPS) is 16.5.